The standard InChI is InChI=1S/C11H15NO/c12-11(7-4-8-13)9-10-5-2-1-3-6-10/h1-7,11,13H,8-9,12H2. The summed E-state index contributed by atoms with van der Waals surface area (Å²) in [6.07, 6.45) is 4.32. The first-order valence-corrected chi connectivity index (χ1v) is 4.40. The molecular formula is C11H15NO. The molecule has 2 heteroatoms. The fourth-order valence-electron chi connectivity index (χ4n) is 1.19. The number of nitrogens with two attached hydrogens (primary N) is 1. The zero-order valence-corrected chi connectivity index (χ0v) is 7.56. The third-order valence-corrected chi connectivity index (χ3v) is 1.80. The molecule has 0 saturated carbocycles. The Bertz CT molecular complexity index is 256. The fraction of sp³-hybridized carbons (Fsp3) is 0.273. The van der Waals surface area contributed by atoms with Gasteiger partial charge in [-0.3, -0.25) is 0 Å². The van der Waals surface area contributed by atoms with Crippen LogP contribution in [0.5, 0.6) is 0 Å². The highest BCUT2D eigenvalue weighted by molar-refractivity contribution is 5.17. The van der Waals surface area contributed by atoms with Gasteiger partial charge >= 0.3 is 0 Å². The van der Waals surface area contributed by atoms with Gasteiger partial charge in [-0.2, -0.15) is 0 Å². The van der Waals surface area contributed by atoms with Gasteiger partial charge in [0.2, 0.25) is 0 Å². The average Bonchev–Trinajstić information content (AvgIpc) is 2.16. The topological polar surface area (TPSA) is 46.2 Å². The lowest BCUT2D eigenvalue weighted by molar-refractivity contribution is 0.342. The van der Waals surface area contributed by atoms with Crippen molar-refractivity contribution in [3.63, 3.8) is 0 Å². The van der Waals surface area contributed by atoms with Gasteiger partial charge in [-0.25, -0.2) is 0 Å². The molecule has 0 aliphatic carbocycles. The molecule has 1 aromatic carbocycles. The quantitative estimate of drug-likeness (QED) is 0.677. The van der Waals surface area contributed by atoms with Crippen molar-refractivity contribution in [3.8, 4) is 0 Å². The molecule has 0 heterocycles. The summed E-state index contributed by atoms with van der Waals surface area (Å²) in [5.74, 6) is 0. The van der Waals surface area contributed by atoms with Crippen molar-refractivity contribution < 1.29 is 5.11 Å². The molecule has 1 unspecified atom stereocenters. The summed E-state index contributed by atoms with van der Waals surface area (Å²) in [4.78, 5) is 0. The number of rotatable bonds is 4. The maximum absolute atomic E-state index is 8.54. The summed E-state index contributed by atoms with van der Waals surface area (Å²) in [6, 6.07) is 10.1. The molecule has 0 aromatic heterocycles. The van der Waals surface area contributed by atoms with E-state index in [9.17, 15) is 0 Å². The molecule has 1 rings (SSSR count). The van der Waals surface area contributed by atoms with Crippen LogP contribution >= 0.6 is 0 Å². The van der Waals surface area contributed by atoms with E-state index in [2.05, 4.69) is 0 Å². The molecule has 0 saturated heterocycles. The maximum atomic E-state index is 8.54. The van der Waals surface area contributed by atoms with Crippen molar-refractivity contribution in [2.45, 2.75) is 12.5 Å². The van der Waals surface area contributed by atoms with E-state index in [1.807, 2.05) is 36.4 Å². The molecule has 0 aliphatic heterocycles. The third-order valence-electron chi connectivity index (χ3n) is 1.80. The van der Waals surface area contributed by atoms with Crippen LogP contribution in [0.3, 0.4) is 0 Å². The van der Waals surface area contributed by atoms with Crippen molar-refractivity contribution >= 4 is 0 Å². The molecular weight excluding hydrogens is 162 g/mol. The fourth-order valence-corrected chi connectivity index (χ4v) is 1.19. The van der Waals surface area contributed by atoms with E-state index in [1.165, 1.54) is 5.56 Å². The Morgan fingerprint density at radius 2 is 2.00 bits per heavy atom. The first-order valence-electron chi connectivity index (χ1n) is 4.40. The predicted molar refractivity (Wildman–Crippen MR) is 54.3 cm³/mol. The first kappa shape index (κ1) is 9.96. The lowest BCUT2D eigenvalue weighted by Crippen LogP contribution is -2.19. The predicted octanol–water partition coefficient (Wildman–Crippen LogP) is 1.10. The SMILES string of the molecule is NC(C=CCO)Cc1ccccc1. The Labute approximate surface area is 78.7 Å². The Hall–Kier alpha value is -1.12. The zero-order valence-electron chi connectivity index (χ0n) is 7.56. The molecule has 0 radical (unpaired) electrons. The van der Waals surface area contributed by atoms with E-state index in [0.717, 1.165) is 6.42 Å². The number of hydrogen-bond acceptors (Lipinski definition) is 2. The smallest absolute Gasteiger partial charge is 0.0612 e. The van der Waals surface area contributed by atoms with Crippen molar-refractivity contribution in [2.75, 3.05) is 6.61 Å². The summed E-state index contributed by atoms with van der Waals surface area (Å²) < 4.78 is 0. The summed E-state index contributed by atoms with van der Waals surface area (Å²) in [7, 11) is 0. The molecule has 0 aliphatic rings. The van der Waals surface area contributed by atoms with Crippen LogP contribution < -0.4 is 5.73 Å². The molecule has 3 N–H and O–H groups in total. The molecule has 0 bridgehead atoms. The third kappa shape index (κ3) is 3.87. The Morgan fingerprint density at radius 1 is 1.31 bits per heavy atom. The summed E-state index contributed by atoms with van der Waals surface area (Å²) >= 11 is 0. The molecule has 0 fully saturated rings. The molecule has 1 atom stereocenters. The van der Waals surface area contributed by atoms with Crippen molar-refractivity contribution in [1.29, 1.82) is 0 Å². The van der Waals surface area contributed by atoms with Crippen LogP contribution in [-0.2, 0) is 6.42 Å². The van der Waals surface area contributed by atoms with E-state index < -0.39 is 0 Å². The van der Waals surface area contributed by atoms with Gasteiger partial charge < -0.3 is 10.8 Å². The van der Waals surface area contributed by atoms with Gasteiger partial charge in [-0.15, -0.1) is 0 Å². The Morgan fingerprint density at radius 3 is 2.62 bits per heavy atom. The maximum Gasteiger partial charge on any atom is 0.0612 e. The summed E-state index contributed by atoms with van der Waals surface area (Å²) in [5.41, 5.74) is 7.01. The normalized spacial score (nSPS) is 13.4. The minimum atomic E-state index is -0.00505. The largest absolute Gasteiger partial charge is 0.392 e. The highest BCUT2D eigenvalue weighted by atomic mass is 16.2. The number of hydrogen-bond donors (Lipinski definition) is 2. The van der Waals surface area contributed by atoms with Gasteiger partial charge in [-0.05, 0) is 12.0 Å². The Kier molecular flexibility index (Phi) is 4.23. The molecule has 0 amide bonds. The van der Waals surface area contributed by atoms with Crippen LogP contribution in [0.4, 0.5) is 0 Å². The van der Waals surface area contributed by atoms with Crippen molar-refractivity contribution in [1.82, 2.24) is 0 Å². The van der Waals surface area contributed by atoms with Gasteiger partial charge in [0, 0.05) is 6.04 Å². The number of aliphatic hydroxyl groups excluding tert-OH is 1. The Balaban J connectivity index is 2.45. The summed E-state index contributed by atoms with van der Waals surface area (Å²) in [5, 5.41) is 8.54. The molecule has 13 heavy (non-hydrogen) atoms. The second kappa shape index (κ2) is 5.51. The molecule has 2 nitrogen and oxygen atoms in total. The van der Waals surface area contributed by atoms with E-state index in [-0.39, 0.29) is 12.6 Å². The van der Waals surface area contributed by atoms with Gasteiger partial charge in [0.1, 0.15) is 0 Å². The monoisotopic (exact) mass is 177 g/mol. The van der Waals surface area contributed by atoms with Crippen LogP contribution in [0, 0.1) is 0 Å². The zero-order chi connectivity index (χ0) is 9.52. The minimum absolute atomic E-state index is 0.00505. The van der Waals surface area contributed by atoms with Crippen LogP contribution in [0.25, 0.3) is 0 Å². The number of aliphatic hydroxyl groups is 1. The van der Waals surface area contributed by atoms with Crippen molar-refractivity contribution in [3.05, 3.63) is 48.0 Å². The second-order valence-electron chi connectivity index (χ2n) is 2.96. The van der Waals surface area contributed by atoms with Gasteiger partial charge in [0.05, 0.1) is 6.61 Å². The molecule has 0 spiro atoms. The highest BCUT2D eigenvalue weighted by Gasteiger charge is 1.97. The lowest BCUT2D eigenvalue weighted by atomic mass is 10.1. The number of benzene rings is 1. The second-order valence-corrected chi connectivity index (χ2v) is 2.96. The van der Waals surface area contributed by atoms with Crippen LogP contribution in [0.2, 0.25) is 0 Å². The van der Waals surface area contributed by atoms with E-state index in [0.29, 0.717) is 0 Å². The van der Waals surface area contributed by atoms with E-state index in [1.54, 1.807) is 6.08 Å². The highest BCUT2D eigenvalue weighted by Crippen LogP contribution is 2.02. The van der Waals surface area contributed by atoms with Gasteiger partial charge in [0.25, 0.3) is 0 Å². The molecule has 1 aromatic rings. The van der Waals surface area contributed by atoms with Crippen LogP contribution in [0.15, 0.2) is 42.5 Å². The van der Waals surface area contributed by atoms with E-state index >= 15 is 0 Å². The van der Waals surface area contributed by atoms with Crippen LogP contribution in [-0.4, -0.2) is 17.8 Å². The average molecular weight is 177 g/mol. The van der Waals surface area contributed by atoms with Gasteiger partial charge in [-0.1, -0.05) is 42.5 Å². The first-order chi connectivity index (χ1) is 6.33. The molecule has 70 valence electrons. The summed E-state index contributed by atoms with van der Waals surface area (Å²) in [6.45, 7) is 0.0580. The van der Waals surface area contributed by atoms with E-state index in [4.69, 9.17) is 10.8 Å². The van der Waals surface area contributed by atoms with Crippen LogP contribution in [0.1, 0.15) is 5.56 Å². The lowest BCUT2D eigenvalue weighted by Gasteiger charge is -2.05. The minimum Gasteiger partial charge on any atom is -0.392 e. The van der Waals surface area contributed by atoms with Gasteiger partial charge in [0.15, 0.2) is 0 Å². The van der Waals surface area contributed by atoms with Crippen molar-refractivity contribution in [2.24, 2.45) is 5.73 Å².